The molecule has 1 aliphatic heterocycles. The first-order chi connectivity index (χ1) is 13.5. The summed E-state index contributed by atoms with van der Waals surface area (Å²) in [5.41, 5.74) is -0.386. The van der Waals surface area contributed by atoms with E-state index in [4.69, 9.17) is 4.74 Å². The molecule has 0 aromatic carbocycles. The van der Waals surface area contributed by atoms with Crippen molar-refractivity contribution >= 4 is 6.09 Å². The molecule has 1 fully saturated rings. The van der Waals surface area contributed by atoms with Crippen LogP contribution < -0.4 is 0 Å². The summed E-state index contributed by atoms with van der Waals surface area (Å²) in [6.07, 6.45) is 10.6. The van der Waals surface area contributed by atoms with Gasteiger partial charge in [0.15, 0.2) is 0 Å². The number of carbonyl (C=O) groups excluding carboxylic acids is 1. The first kappa shape index (κ1) is 32.9. The standard InChI is InChI=1S/C11H21NO2.C9H20.C4H10.C2H6/c1-8-6-7-12(9(8)2)10(13)14-11(3,4)5;1-4-6-7-8-9(3)5-2;1-3-4-2;1-2/h8-9H,6-7H2,1-5H3;9H,4-8H2,1-3H3;3-4H2,1-2H3;1-2H3. The Morgan fingerprint density at radius 3 is 1.83 bits per heavy atom. The summed E-state index contributed by atoms with van der Waals surface area (Å²) in [5, 5.41) is 0. The Morgan fingerprint density at radius 2 is 1.52 bits per heavy atom. The van der Waals surface area contributed by atoms with Gasteiger partial charge >= 0.3 is 6.09 Å². The van der Waals surface area contributed by atoms with Gasteiger partial charge in [-0.2, -0.15) is 0 Å². The number of carbonyl (C=O) groups is 1. The van der Waals surface area contributed by atoms with Gasteiger partial charge in [-0.15, -0.1) is 0 Å². The summed E-state index contributed by atoms with van der Waals surface area (Å²) in [6, 6.07) is 0.310. The maximum atomic E-state index is 11.7. The Labute approximate surface area is 185 Å². The molecular weight excluding hydrogens is 358 g/mol. The molecule has 1 amide bonds. The fourth-order valence-electron chi connectivity index (χ4n) is 2.62. The van der Waals surface area contributed by atoms with Crippen molar-refractivity contribution in [2.75, 3.05) is 6.54 Å². The number of hydrogen-bond donors (Lipinski definition) is 0. The van der Waals surface area contributed by atoms with Gasteiger partial charge in [-0.05, 0) is 46.0 Å². The van der Waals surface area contributed by atoms with E-state index in [1.165, 1.54) is 44.9 Å². The number of nitrogens with zero attached hydrogens (tertiary/aromatic N) is 1. The lowest BCUT2D eigenvalue weighted by atomic mass is 10.0. The van der Waals surface area contributed by atoms with Crippen LogP contribution in [0.1, 0.15) is 134 Å². The number of amides is 1. The molecule has 0 bridgehead atoms. The lowest BCUT2D eigenvalue weighted by molar-refractivity contribution is 0.0225. The zero-order chi connectivity index (χ0) is 23.5. The molecule has 3 heteroatoms. The summed E-state index contributed by atoms with van der Waals surface area (Å²) in [6.45, 7) is 26.0. The Balaban J connectivity index is -0.000000387. The molecule has 0 N–H and O–H groups in total. The van der Waals surface area contributed by atoms with Crippen LogP contribution >= 0.6 is 0 Å². The van der Waals surface area contributed by atoms with Crippen LogP contribution in [-0.2, 0) is 4.74 Å². The molecular formula is C26H57NO2. The fourth-order valence-corrected chi connectivity index (χ4v) is 2.62. The van der Waals surface area contributed by atoms with Gasteiger partial charge in [0.1, 0.15) is 5.60 Å². The van der Waals surface area contributed by atoms with Crippen molar-refractivity contribution in [1.29, 1.82) is 0 Å². The largest absolute Gasteiger partial charge is 0.444 e. The number of unbranched alkanes of at least 4 members (excludes halogenated alkanes) is 3. The van der Waals surface area contributed by atoms with Crippen LogP contribution in [0, 0.1) is 11.8 Å². The number of likely N-dealkylation sites (tertiary alicyclic amines) is 1. The normalized spacial score (nSPS) is 19.0. The van der Waals surface area contributed by atoms with Crippen LogP contribution in [0.2, 0.25) is 0 Å². The van der Waals surface area contributed by atoms with Gasteiger partial charge in [0.2, 0.25) is 0 Å². The Hall–Kier alpha value is -0.730. The minimum atomic E-state index is -0.386. The SMILES string of the molecule is CC.CC1CCN(C(=O)OC(C)(C)C)C1C.CCCC.CCCCCC(C)CC. The highest BCUT2D eigenvalue weighted by atomic mass is 16.6. The van der Waals surface area contributed by atoms with E-state index >= 15 is 0 Å². The van der Waals surface area contributed by atoms with Gasteiger partial charge < -0.3 is 9.64 Å². The summed E-state index contributed by atoms with van der Waals surface area (Å²) in [4.78, 5) is 13.5. The highest BCUT2D eigenvalue weighted by Crippen LogP contribution is 2.25. The first-order valence-electron chi connectivity index (χ1n) is 12.5. The summed E-state index contributed by atoms with van der Waals surface area (Å²) in [5.74, 6) is 1.54. The zero-order valence-electron chi connectivity index (χ0n) is 22.4. The maximum absolute atomic E-state index is 11.7. The summed E-state index contributed by atoms with van der Waals surface area (Å²) in [7, 11) is 0. The lowest BCUT2D eigenvalue weighted by Gasteiger charge is -2.27. The minimum Gasteiger partial charge on any atom is -0.444 e. The maximum Gasteiger partial charge on any atom is 0.410 e. The van der Waals surface area contributed by atoms with Gasteiger partial charge in [-0.1, -0.05) is 100 Å². The van der Waals surface area contributed by atoms with Crippen molar-refractivity contribution in [2.24, 2.45) is 11.8 Å². The molecule has 3 unspecified atom stereocenters. The minimum absolute atomic E-state index is 0.172. The number of rotatable bonds is 6. The van der Waals surface area contributed by atoms with Crippen LogP contribution in [0.3, 0.4) is 0 Å². The van der Waals surface area contributed by atoms with Crippen LogP contribution in [0.25, 0.3) is 0 Å². The van der Waals surface area contributed by atoms with Crippen molar-refractivity contribution in [3.8, 4) is 0 Å². The molecule has 3 atom stereocenters. The van der Waals surface area contributed by atoms with Gasteiger partial charge in [0.25, 0.3) is 0 Å². The molecule has 1 rings (SSSR count). The van der Waals surface area contributed by atoms with Crippen LogP contribution in [-0.4, -0.2) is 29.2 Å². The van der Waals surface area contributed by atoms with Crippen molar-refractivity contribution < 1.29 is 9.53 Å². The van der Waals surface area contributed by atoms with Crippen molar-refractivity contribution in [2.45, 2.75) is 146 Å². The number of ether oxygens (including phenoxy) is 1. The molecule has 1 heterocycles. The second-order valence-electron chi connectivity index (χ2n) is 9.19. The van der Waals surface area contributed by atoms with Crippen LogP contribution in [0.15, 0.2) is 0 Å². The quantitative estimate of drug-likeness (QED) is 0.405. The van der Waals surface area contributed by atoms with E-state index in [2.05, 4.69) is 48.5 Å². The molecule has 29 heavy (non-hydrogen) atoms. The summed E-state index contributed by atoms with van der Waals surface area (Å²) < 4.78 is 5.33. The van der Waals surface area contributed by atoms with Crippen LogP contribution in [0.4, 0.5) is 4.79 Å². The smallest absolute Gasteiger partial charge is 0.410 e. The Kier molecular flexibility index (Phi) is 23.3. The molecule has 0 aromatic heterocycles. The molecule has 178 valence electrons. The summed E-state index contributed by atoms with van der Waals surface area (Å²) >= 11 is 0. The van der Waals surface area contributed by atoms with Crippen molar-refractivity contribution in [1.82, 2.24) is 4.90 Å². The molecule has 0 radical (unpaired) electrons. The highest BCUT2D eigenvalue weighted by molar-refractivity contribution is 5.68. The van der Waals surface area contributed by atoms with Crippen LogP contribution in [0.5, 0.6) is 0 Å². The second kappa shape index (κ2) is 20.5. The average Bonchev–Trinajstić information content (AvgIpc) is 3.01. The highest BCUT2D eigenvalue weighted by Gasteiger charge is 2.33. The van der Waals surface area contributed by atoms with Crippen molar-refractivity contribution in [3.63, 3.8) is 0 Å². The second-order valence-corrected chi connectivity index (χ2v) is 9.19. The Bertz CT molecular complexity index is 347. The van der Waals surface area contributed by atoms with E-state index in [0.717, 1.165) is 18.9 Å². The molecule has 0 saturated carbocycles. The van der Waals surface area contributed by atoms with E-state index in [1.807, 2.05) is 39.5 Å². The third kappa shape index (κ3) is 20.3. The molecule has 0 aromatic rings. The lowest BCUT2D eigenvalue weighted by Crippen LogP contribution is -2.39. The Morgan fingerprint density at radius 1 is 1.00 bits per heavy atom. The van der Waals surface area contributed by atoms with Gasteiger partial charge in [-0.25, -0.2) is 4.79 Å². The topological polar surface area (TPSA) is 29.5 Å². The van der Waals surface area contributed by atoms with E-state index in [9.17, 15) is 4.79 Å². The molecule has 1 aliphatic rings. The van der Waals surface area contributed by atoms with E-state index in [-0.39, 0.29) is 11.7 Å². The average molecular weight is 416 g/mol. The third-order valence-electron chi connectivity index (χ3n) is 5.27. The fraction of sp³-hybridized carbons (Fsp3) is 0.962. The van der Waals surface area contributed by atoms with Gasteiger partial charge in [-0.3, -0.25) is 0 Å². The van der Waals surface area contributed by atoms with Gasteiger partial charge in [0.05, 0.1) is 0 Å². The third-order valence-corrected chi connectivity index (χ3v) is 5.27. The molecule has 3 nitrogen and oxygen atoms in total. The van der Waals surface area contributed by atoms with E-state index < -0.39 is 0 Å². The first-order valence-corrected chi connectivity index (χ1v) is 12.5. The molecule has 0 spiro atoms. The predicted molar refractivity (Wildman–Crippen MR) is 132 cm³/mol. The van der Waals surface area contributed by atoms with E-state index in [0.29, 0.717) is 12.0 Å². The molecule has 1 saturated heterocycles. The number of hydrogen-bond acceptors (Lipinski definition) is 2. The molecule has 0 aliphatic carbocycles. The monoisotopic (exact) mass is 415 g/mol. The predicted octanol–water partition coefficient (Wildman–Crippen LogP) is 9.10. The van der Waals surface area contributed by atoms with E-state index in [1.54, 1.807) is 0 Å². The van der Waals surface area contributed by atoms with Crippen molar-refractivity contribution in [3.05, 3.63) is 0 Å². The zero-order valence-corrected chi connectivity index (χ0v) is 22.4. The van der Waals surface area contributed by atoms with Gasteiger partial charge in [0, 0.05) is 12.6 Å².